The van der Waals surface area contributed by atoms with Crippen LogP contribution in [-0.2, 0) is 0 Å². The summed E-state index contributed by atoms with van der Waals surface area (Å²) in [6.45, 7) is 0. The van der Waals surface area contributed by atoms with Gasteiger partial charge in [0.1, 0.15) is 23.5 Å². The van der Waals surface area contributed by atoms with Crippen LogP contribution in [0.15, 0.2) is 97.3 Å². The first-order valence-electron chi connectivity index (χ1n) is 11.5. The number of hydrogen-bond donors (Lipinski definition) is 1. The molecule has 2 heterocycles. The first kappa shape index (κ1) is 21.6. The van der Waals surface area contributed by atoms with Crippen molar-refractivity contribution in [3.05, 3.63) is 97.3 Å². The summed E-state index contributed by atoms with van der Waals surface area (Å²) in [5, 5.41) is 14.5. The standard InChI is InChI=1S/C29H23N5O2/c1-35-21-14-11-19(12-15-21)28-22-7-3-4-8-23(22)29(33-32-28)31-20-13-16-25-24(17-20)30-18-34(25)26-9-5-6-10-27(26)36-2/h3-18H,1-2H3,(H,31,33). The molecule has 0 saturated heterocycles. The second-order valence-electron chi connectivity index (χ2n) is 8.29. The van der Waals surface area contributed by atoms with Crippen LogP contribution < -0.4 is 14.8 Å². The SMILES string of the molecule is COc1ccc(-c2nnc(Nc3ccc4c(c3)ncn4-c3ccccc3OC)c3ccccc23)cc1. The number of aromatic nitrogens is 4. The Kier molecular flexibility index (Phi) is 5.42. The highest BCUT2D eigenvalue weighted by Crippen LogP contribution is 2.33. The van der Waals surface area contributed by atoms with Crippen molar-refractivity contribution < 1.29 is 9.47 Å². The minimum Gasteiger partial charge on any atom is -0.497 e. The van der Waals surface area contributed by atoms with Crippen LogP contribution in [0.4, 0.5) is 11.5 Å². The van der Waals surface area contributed by atoms with E-state index in [1.807, 2.05) is 95.8 Å². The molecule has 4 aromatic carbocycles. The number of ether oxygens (including phenoxy) is 2. The highest BCUT2D eigenvalue weighted by molar-refractivity contribution is 6.01. The average molecular weight is 474 g/mol. The molecule has 0 atom stereocenters. The Morgan fingerprint density at radius 3 is 2.33 bits per heavy atom. The van der Waals surface area contributed by atoms with E-state index >= 15 is 0 Å². The summed E-state index contributed by atoms with van der Waals surface area (Å²) in [7, 11) is 3.33. The van der Waals surface area contributed by atoms with Crippen LogP contribution in [-0.4, -0.2) is 34.0 Å². The minimum absolute atomic E-state index is 0.686. The summed E-state index contributed by atoms with van der Waals surface area (Å²) in [5.74, 6) is 2.28. The smallest absolute Gasteiger partial charge is 0.161 e. The Balaban J connectivity index is 1.37. The van der Waals surface area contributed by atoms with Gasteiger partial charge in [-0.2, -0.15) is 0 Å². The van der Waals surface area contributed by atoms with Gasteiger partial charge in [-0.1, -0.05) is 36.4 Å². The maximum absolute atomic E-state index is 5.53. The maximum atomic E-state index is 5.53. The topological polar surface area (TPSA) is 74.1 Å². The number of fused-ring (bicyclic) bond motifs is 2. The van der Waals surface area contributed by atoms with Gasteiger partial charge in [-0.15, -0.1) is 10.2 Å². The molecule has 0 fully saturated rings. The second-order valence-corrected chi connectivity index (χ2v) is 8.29. The number of methoxy groups -OCH3 is 2. The first-order valence-corrected chi connectivity index (χ1v) is 11.5. The third kappa shape index (κ3) is 3.76. The van der Waals surface area contributed by atoms with Crippen LogP contribution in [0.25, 0.3) is 38.8 Å². The molecule has 0 amide bonds. The molecule has 7 nitrogen and oxygen atoms in total. The molecule has 2 aromatic heterocycles. The Bertz CT molecular complexity index is 1690. The first-order chi connectivity index (χ1) is 17.7. The molecule has 0 radical (unpaired) electrons. The third-order valence-electron chi connectivity index (χ3n) is 6.21. The number of nitrogens with zero attached hydrogens (tertiary/aromatic N) is 4. The Hall–Kier alpha value is -4.91. The zero-order valence-electron chi connectivity index (χ0n) is 19.8. The van der Waals surface area contributed by atoms with Crippen molar-refractivity contribution in [2.24, 2.45) is 0 Å². The summed E-state index contributed by atoms with van der Waals surface area (Å²) in [4.78, 5) is 4.62. The maximum Gasteiger partial charge on any atom is 0.161 e. The molecule has 176 valence electrons. The normalized spacial score (nSPS) is 11.1. The molecule has 0 bridgehead atoms. The van der Waals surface area contributed by atoms with Crippen LogP contribution in [0.1, 0.15) is 0 Å². The van der Waals surface area contributed by atoms with Crippen LogP contribution in [0.5, 0.6) is 11.5 Å². The van der Waals surface area contributed by atoms with Crippen molar-refractivity contribution >= 4 is 33.3 Å². The molecule has 0 unspecified atom stereocenters. The van der Waals surface area contributed by atoms with Crippen molar-refractivity contribution in [2.45, 2.75) is 0 Å². The average Bonchev–Trinajstić information content (AvgIpc) is 3.36. The van der Waals surface area contributed by atoms with E-state index in [1.54, 1.807) is 14.2 Å². The van der Waals surface area contributed by atoms with Gasteiger partial charge >= 0.3 is 0 Å². The van der Waals surface area contributed by atoms with Gasteiger partial charge in [0.15, 0.2) is 5.82 Å². The lowest BCUT2D eigenvalue weighted by Crippen LogP contribution is -1.99. The third-order valence-corrected chi connectivity index (χ3v) is 6.21. The van der Waals surface area contributed by atoms with Crippen LogP contribution >= 0.6 is 0 Å². The fourth-order valence-electron chi connectivity index (χ4n) is 4.41. The Morgan fingerprint density at radius 2 is 1.53 bits per heavy atom. The van der Waals surface area contributed by atoms with Crippen molar-refractivity contribution in [3.8, 4) is 28.4 Å². The molecule has 6 rings (SSSR count). The lowest BCUT2D eigenvalue weighted by Gasteiger charge is -2.12. The molecule has 6 aromatic rings. The molecule has 7 heteroatoms. The van der Waals surface area contributed by atoms with E-state index in [2.05, 4.69) is 26.6 Å². The lowest BCUT2D eigenvalue weighted by atomic mass is 10.0. The zero-order chi connectivity index (χ0) is 24.5. The molecule has 0 aliphatic rings. The van der Waals surface area contributed by atoms with E-state index in [-0.39, 0.29) is 0 Å². The van der Waals surface area contributed by atoms with Gasteiger partial charge < -0.3 is 14.8 Å². The predicted octanol–water partition coefficient (Wildman–Crippen LogP) is 6.40. The van der Waals surface area contributed by atoms with Gasteiger partial charge in [0.25, 0.3) is 0 Å². The van der Waals surface area contributed by atoms with E-state index in [0.717, 1.165) is 55.9 Å². The molecular weight excluding hydrogens is 450 g/mol. The van der Waals surface area contributed by atoms with Gasteiger partial charge in [-0.25, -0.2) is 4.98 Å². The number of benzene rings is 4. The van der Waals surface area contributed by atoms with Crippen LogP contribution in [0, 0.1) is 0 Å². The summed E-state index contributed by atoms with van der Waals surface area (Å²) in [6.07, 6.45) is 1.81. The van der Waals surface area contributed by atoms with Crippen molar-refractivity contribution in [2.75, 3.05) is 19.5 Å². The quantitative estimate of drug-likeness (QED) is 0.302. The molecule has 36 heavy (non-hydrogen) atoms. The number of hydrogen-bond acceptors (Lipinski definition) is 6. The fourth-order valence-corrected chi connectivity index (χ4v) is 4.41. The number of nitrogens with one attached hydrogen (secondary N) is 1. The van der Waals surface area contributed by atoms with Gasteiger partial charge in [-0.3, -0.25) is 4.57 Å². The Labute approximate surface area is 208 Å². The molecule has 0 aliphatic carbocycles. The molecule has 1 N–H and O–H groups in total. The molecule has 0 saturated carbocycles. The monoisotopic (exact) mass is 473 g/mol. The second kappa shape index (κ2) is 9.03. The highest BCUT2D eigenvalue weighted by Gasteiger charge is 2.13. The van der Waals surface area contributed by atoms with Crippen LogP contribution in [0.3, 0.4) is 0 Å². The number of anilines is 2. The largest absolute Gasteiger partial charge is 0.497 e. The van der Waals surface area contributed by atoms with E-state index < -0.39 is 0 Å². The predicted molar refractivity (Wildman–Crippen MR) is 142 cm³/mol. The molecule has 0 spiro atoms. The van der Waals surface area contributed by atoms with Crippen molar-refractivity contribution in [1.29, 1.82) is 0 Å². The van der Waals surface area contributed by atoms with Gasteiger partial charge in [-0.05, 0) is 54.6 Å². The van der Waals surface area contributed by atoms with E-state index in [9.17, 15) is 0 Å². The van der Waals surface area contributed by atoms with Crippen molar-refractivity contribution in [1.82, 2.24) is 19.7 Å². The van der Waals surface area contributed by atoms with Crippen molar-refractivity contribution in [3.63, 3.8) is 0 Å². The van der Waals surface area contributed by atoms with E-state index in [4.69, 9.17) is 9.47 Å². The van der Waals surface area contributed by atoms with E-state index in [1.165, 1.54) is 0 Å². The van der Waals surface area contributed by atoms with Crippen LogP contribution in [0.2, 0.25) is 0 Å². The zero-order valence-corrected chi connectivity index (χ0v) is 19.8. The number of para-hydroxylation sites is 2. The summed E-state index contributed by atoms with van der Waals surface area (Å²) >= 11 is 0. The molecule has 0 aliphatic heterocycles. The summed E-state index contributed by atoms with van der Waals surface area (Å²) in [5.41, 5.74) is 5.46. The Morgan fingerprint density at radius 1 is 0.750 bits per heavy atom. The van der Waals surface area contributed by atoms with Gasteiger partial charge in [0.05, 0.1) is 30.9 Å². The highest BCUT2D eigenvalue weighted by atomic mass is 16.5. The summed E-state index contributed by atoms with van der Waals surface area (Å²) in [6, 6.07) is 29.9. The minimum atomic E-state index is 0.686. The summed E-state index contributed by atoms with van der Waals surface area (Å²) < 4.78 is 12.8. The number of rotatable bonds is 6. The number of imidazole rings is 1. The van der Waals surface area contributed by atoms with Gasteiger partial charge in [0, 0.05) is 22.0 Å². The van der Waals surface area contributed by atoms with Gasteiger partial charge in [0.2, 0.25) is 0 Å². The fraction of sp³-hybridized carbons (Fsp3) is 0.0690. The van der Waals surface area contributed by atoms with E-state index in [0.29, 0.717) is 5.82 Å². The lowest BCUT2D eigenvalue weighted by molar-refractivity contribution is 0.413. The molecular formula is C29H23N5O2.